The van der Waals surface area contributed by atoms with Crippen LogP contribution in [0, 0.1) is 0 Å². The summed E-state index contributed by atoms with van der Waals surface area (Å²) >= 11 is 0. The van der Waals surface area contributed by atoms with Gasteiger partial charge in [-0.3, -0.25) is 4.46 Å². The maximum Gasteiger partial charge on any atom is 1.00 e. The zero-order valence-corrected chi connectivity index (χ0v) is 5.75. The largest absolute Gasteiger partial charge is 1.00 e. The fourth-order valence-electron chi connectivity index (χ4n) is 0. The molecule has 0 aliphatic carbocycles. The molecule has 0 fully saturated rings. The van der Waals surface area contributed by atoms with E-state index in [1.807, 2.05) is 0 Å². The molecule has 9 heteroatoms. The normalized spacial score (nSPS) is 9.33. The van der Waals surface area contributed by atoms with Crippen molar-refractivity contribution in [2.45, 2.75) is 0 Å². The van der Waals surface area contributed by atoms with Gasteiger partial charge in [-0.25, -0.2) is 0 Å². The van der Waals surface area contributed by atoms with Crippen LogP contribution in [0.15, 0.2) is 0 Å². The molecule has 0 aliphatic heterocycles. The van der Waals surface area contributed by atoms with Gasteiger partial charge < -0.3 is 24.0 Å². The summed E-state index contributed by atoms with van der Waals surface area (Å²) in [5, 5.41) is 0. The lowest BCUT2D eigenvalue weighted by atomic mass is 15.8. The molecular formula is H4FO6PSi. The van der Waals surface area contributed by atoms with Crippen molar-refractivity contribution in [3.8, 4) is 0 Å². The Morgan fingerprint density at radius 3 is 1.67 bits per heavy atom. The van der Waals surface area contributed by atoms with Crippen LogP contribution in [0.4, 0.5) is 4.11 Å². The minimum absolute atomic E-state index is 0. The second-order valence-electron chi connectivity index (χ2n) is 0.722. The Morgan fingerprint density at radius 1 is 1.67 bits per heavy atom. The molecule has 0 aromatic heterocycles. The first-order chi connectivity index (χ1) is 3.73. The van der Waals surface area contributed by atoms with E-state index >= 15 is 0 Å². The zero-order chi connectivity index (χ0) is 8.08. The van der Waals surface area contributed by atoms with E-state index in [0.717, 1.165) is 0 Å². The summed E-state index contributed by atoms with van der Waals surface area (Å²) in [4.78, 5) is 31.2. The van der Waals surface area contributed by atoms with Crippen molar-refractivity contribution in [3.05, 3.63) is 0 Å². The summed E-state index contributed by atoms with van der Waals surface area (Å²) in [6, 6.07) is 0. The Labute approximate surface area is 53.7 Å². The minimum Gasteiger partial charge on any atom is -0.790 e. The minimum atomic E-state index is -5.14. The van der Waals surface area contributed by atoms with Gasteiger partial charge in [-0.15, -0.1) is 0 Å². The average Bonchev–Trinajstić information content (AvgIpc) is 1.19. The molecule has 0 aromatic rings. The lowest BCUT2D eigenvalue weighted by molar-refractivity contribution is -0.337. The molecule has 0 spiro atoms. The first-order valence-corrected chi connectivity index (χ1v) is 4.09. The summed E-state index contributed by atoms with van der Waals surface area (Å²) in [7, 11) is -8.77. The third-order valence-corrected chi connectivity index (χ3v) is 0. The van der Waals surface area contributed by atoms with Gasteiger partial charge in [0.05, 0.1) is 7.82 Å². The fraction of sp³-hybridized carbons (Fsp3) is 0. The summed E-state index contributed by atoms with van der Waals surface area (Å²) in [5.74, 6) is 0. The standard InChI is InChI=1S/FHO2Si.H3O4P/c1-4(2)3;1-5(2,3)4/h2H;(H3,1,2,3,4). The van der Waals surface area contributed by atoms with Gasteiger partial charge in [0, 0.05) is 0 Å². The van der Waals surface area contributed by atoms with E-state index in [-0.39, 0.29) is 2.85 Å². The maximum atomic E-state index is 10.1. The number of phosphoric acid groups is 1. The van der Waals surface area contributed by atoms with Crippen LogP contribution in [-0.4, -0.2) is 18.9 Å². The van der Waals surface area contributed by atoms with E-state index in [1.165, 1.54) is 0 Å². The van der Waals surface area contributed by atoms with E-state index in [4.69, 9.17) is 28.5 Å². The first kappa shape index (κ1) is 11.6. The molecule has 0 rings (SSSR count). The van der Waals surface area contributed by atoms with Crippen LogP contribution in [0.2, 0.25) is 0 Å². The molecule has 0 saturated heterocycles. The van der Waals surface area contributed by atoms with Gasteiger partial charge in [0.25, 0.3) is 0 Å². The highest BCUT2D eigenvalue weighted by Crippen LogP contribution is 2.11. The molecule has 6 nitrogen and oxygen atoms in total. The van der Waals surface area contributed by atoms with E-state index < -0.39 is 17.1 Å². The number of halogens is 1. The maximum absolute atomic E-state index is 10.1. The second kappa shape index (κ2) is 4.71. The molecule has 0 aromatic carbocycles. The Bertz CT molecular complexity index is 120. The van der Waals surface area contributed by atoms with Crippen LogP contribution in [0.3, 0.4) is 0 Å². The van der Waals surface area contributed by atoms with E-state index in [0.29, 0.717) is 0 Å². The Morgan fingerprint density at radius 2 is 1.67 bits per heavy atom. The highest BCUT2D eigenvalue weighted by molar-refractivity contribution is 7.42. The van der Waals surface area contributed by atoms with Crippen LogP contribution in [0.1, 0.15) is 2.85 Å². The van der Waals surface area contributed by atoms with Crippen molar-refractivity contribution in [1.82, 2.24) is 0 Å². The lowest BCUT2D eigenvalue weighted by Crippen LogP contribution is -2.11. The molecule has 0 bridgehead atoms. The van der Waals surface area contributed by atoms with Gasteiger partial charge >= 0.3 is 12.1 Å². The van der Waals surface area contributed by atoms with Crippen LogP contribution < -0.4 is 9.79 Å². The summed E-state index contributed by atoms with van der Waals surface area (Å²) in [5.41, 5.74) is 0. The number of hydrogen-bond acceptors (Lipinski definition) is 4. The van der Waals surface area contributed by atoms with Gasteiger partial charge in [0.1, 0.15) is 0 Å². The second-order valence-corrected chi connectivity index (χ2v) is 2.16. The van der Waals surface area contributed by atoms with Crippen molar-refractivity contribution in [1.29, 1.82) is 0 Å². The quantitative estimate of drug-likeness (QED) is 0.238. The summed E-state index contributed by atoms with van der Waals surface area (Å²) in [6.45, 7) is 0. The molecule has 2 N–H and O–H groups in total. The van der Waals surface area contributed by atoms with E-state index in [2.05, 4.69) is 0 Å². The molecule has 0 aliphatic rings. The molecule has 0 heterocycles. The highest BCUT2D eigenvalue weighted by Gasteiger charge is 1.87. The lowest BCUT2D eigenvalue weighted by Gasteiger charge is -2.19. The average molecular weight is 178 g/mol. The number of rotatable bonds is 0. The first-order valence-electron chi connectivity index (χ1n) is 1.36. The van der Waals surface area contributed by atoms with Crippen LogP contribution >= 0.6 is 7.82 Å². The molecule has 9 heavy (non-hydrogen) atoms. The van der Waals surface area contributed by atoms with Gasteiger partial charge in [0.2, 0.25) is 0 Å². The molecule has 56 valence electrons. The predicted molar refractivity (Wildman–Crippen MR) is 21.8 cm³/mol. The Balaban J connectivity index is -0.0000000383. The van der Waals surface area contributed by atoms with Gasteiger partial charge in [-0.2, -0.15) is 4.11 Å². The van der Waals surface area contributed by atoms with Crippen LogP contribution in [-0.2, 0) is 9.03 Å². The van der Waals surface area contributed by atoms with Crippen LogP contribution in [0.25, 0.3) is 0 Å². The molecule has 0 amide bonds. The topological polar surface area (TPSA) is 121 Å². The third kappa shape index (κ3) is 13200. The third-order valence-electron chi connectivity index (χ3n) is 0. The van der Waals surface area contributed by atoms with Gasteiger partial charge in [-0.1, -0.05) is 0 Å². The van der Waals surface area contributed by atoms with Crippen molar-refractivity contribution >= 4 is 17.1 Å². The monoisotopic (exact) mass is 178 g/mol. The number of hydrogen-bond donors (Lipinski definition) is 2. The van der Waals surface area contributed by atoms with Crippen molar-refractivity contribution < 1.29 is 35.5 Å². The Hall–Kier alpha value is -0.143. The molecule has 0 atom stereocenters. The van der Waals surface area contributed by atoms with Crippen molar-refractivity contribution in [2.75, 3.05) is 0 Å². The van der Waals surface area contributed by atoms with E-state index in [1.54, 1.807) is 0 Å². The van der Waals surface area contributed by atoms with Crippen molar-refractivity contribution in [3.63, 3.8) is 0 Å². The van der Waals surface area contributed by atoms with Gasteiger partial charge in [0.15, 0.2) is 0 Å². The molecule has 0 radical (unpaired) electrons. The zero-order valence-electron chi connectivity index (χ0n) is 5.85. The molecule has 0 saturated carbocycles. The fourth-order valence-corrected chi connectivity index (χ4v) is 0. The smallest absolute Gasteiger partial charge is 0.790 e. The van der Waals surface area contributed by atoms with Crippen LogP contribution in [0.5, 0.6) is 0 Å². The van der Waals surface area contributed by atoms with Crippen molar-refractivity contribution in [2.24, 2.45) is 0 Å². The van der Waals surface area contributed by atoms with Gasteiger partial charge in [-0.05, 0) is 0 Å². The summed E-state index contributed by atoms with van der Waals surface area (Å²) in [6.07, 6.45) is 0. The highest BCUT2D eigenvalue weighted by atomic mass is 31.2. The predicted octanol–water partition coefficient (Wildman–Crippen LogP) is -2.60. The van der Waals surface area contributed by atoms with E-state index in [9.17, 15) is 4.11 Å². The SMILES string of the molecule is O=P([O-])([O-])O.O=[Si](O)F.[H+].[H+]. The summed E-state index contributed by atoms with van der Waals surface area (Å²) < 4.78 is 27.3. The Kier molecular flexibility index (Phi) is 6.08. The molecular weight excluding hydrogens is 174 g/mol. The molecule has 0 unspecified atom stereocenters.